The molecule has 1 amide bonds. The maximum absolute atomic E-state index is 12.1. The van der Waals surface area contributed by atoms with E-state index in [0.717, 1.165) is 17.4 Å². The predicted octanol–water partition coefficient (Wildman–Crippen LogP) is 2.51. The molecule has 0 aliphatic carbocycles. The van der Waals surface area contributed by atoms with E-state index in [1.807, 2.05) is 0 Å². The molecule has 0 aromatic carbocycles. The molecule has 0 fully saturated rings. The lowest BCUT2D eigenvalue weighted by Gasteiger charge is -2.07. The lowest BCUT2D eigenvalue weighted by Crippen LogP contribution is -2.33. The molecule has 0 atom stereocenters. The fraction of sp³-hybridized carbons (Fsp3) is 0.333. The van der Waals surface area contributed by atoms with E-state index in [1.165, 1.54) is 17.7 Å². The number of sulfonamides is 1. The van der Waals surface area contributed by atoms with Gasteiger partial charge in [-0.2, -0.15) is 17.9 Å². The molecule has 2 aromatic heterocycles. The van der Waals surface area contributed by atoms with Crippen LogP contribution in [0.5, 0.6) is 0 Å². The number of hydrogen-bond acceptors (Lipinski definition) is 6. The first-order valence-corrected chi connectivity index (χ1v) is 8.69. The van der Waals surface area contributed by atoms with Crippen molar-refractivity contribution in [3.8, 4) is 10.6 Å². The molecule has 7 nitrogen and oxygen atoms in total. The summed E-state index contributed by atoms with van der Waals surface area (Å²) in [6, 6.07) is 2.35. The fourth-order valence-electron chi connectivity index (χ4n) is 1.66. The zero-order chi connectivity index (χ0) is 18.1. The van der Waals surface area contributed by atoms with Crippen LogP contribution in [0.4, 0.5) is 18.3 Å². The SMILES string of the molecule is CC(=O)Nc1nc(C)c(-c2ccc(S(=O)(=O)NCC(F)(F)F)o2)s1. The van der Waals surface area contributed by atoms with Crippen LogP contribution < -0.4 is 10.0 Å². The van der Waals surface area contributed by atoms with Crippen LogP contribution in [-0.4, -0.2) is 32.0 Å². The number of hydrogen-bond donors (Lipinski definition) is 2. The third-order valence-electron chi connectivity index (χ3n) is 2.61. The number of carbonyl (C=O) groups excluding carboxylic acids is 1. The average Bonchev–Trinajstić information content (AvgIpc) is 3.02. The second-order valence-electron chi connectivity index (χ2n) is 4.67. The highest BCUT2D eigenvalue weighted by molar-refractivity contribution is 7.89. The van der Waals surface area contributed by atoms with Gasteiger partial charge in [-0.1, -0.05) is 11.3 Å². The zero-order valence-corrected chi connectivity index (χ0v) is 14.0. The Hall–Kier alpha value is -1.92. The number of nitrogens with zero attached hydrogens (tertiary/aromatic N) is 1. The van der Waals surface area contributed by atoms with Gasteiger partial charge >= 0.3 is 6.18 Å². The minimum absolute atomic E-state index is 0.119. The standard InChI is InChI=1S/C12H12F3N3O4S2/c1-6-10(23-11(17-6)18-7(2)19)8-3-4-9(22-8)24(20,21)16-5-12(13,14)15/h3-4,16H,5H2,1-2H3,(H,17,18,19). The molecule has 0 radical (unpaired) electrons. The minimum atomic E-state index is -4.68. The lowest BCUT2D eigenvalue weighted by molar-refractivity contribution is -0.121. The Morgan fingerprint density at radius 1 is 1.38 bits per heavy atom. The van der Waals surface area contributed by atoms with Crippen LogP contribution in [-0.2, 0) is 14.8 Å². The number of rotatable bonds is 5. The number of alkyl halides is 3. The summed E-state index contributed by atoms with van der Waals surface area (Å²) in [5, 5.41) is 2.14. The number of aromatic nitrogens is 1. The Morgan fingerprint density at radius 3 is 2.62 bits per heavy atom. The minimum Gasteiger partial charge on any atom is -0.442 e. The van der Waals surface area contributed by atoms with Crippen molar-refractivity contribution in [1.29, 1.82) is 0 Å². The number of thiazole rings is 1. The summed E-state index contributed by atoms with van der Waals surface area (Å²) in [5.41, 5.74) is 0.477. The second kappa shape index (κ2) is 6.53. The van der Waals surface area contributed by atoms with E-state index in [-0.39, 0.29) is 11.7 Å². The molecule has 0 saturated heterocycles. The monoisotopic (exact) mass is 383 g/mol. The Balaban J connectivity index is 2.24. The van der Waals surface area contributed by atoms with Gasteiger partial charge in [-0.15, -0.1) is 0 Å². The van der Waals surface area contributed by atoms with Gasteiger partial charge in [0, 0.05) is 6.92 Å². The number of furan rings is 1. The van der Waals surface area contributed by atoms with Gasteiger partial charge < -0.3 is 9.73 Å². The van der Waals surface area contributed by atoms with Gasteiger partial charge in [0.25, 0.3) is 10.0 Å². The topological polar surface area (TPSA) is 101 Å². The van der Waals surface area contributed by atoms with Crippen LogP contribution in [0.2, 0.25) is 0 Å². The van der Waals surface area contributed by atoms with Gasteiger partial charge in [-0.05, 0) is 19.1 Å². The first-order valence-electron chi connectivity index (χ1n) is 6.39. The van der Waals surface area contributed by atoms with Crippen LogP contribution in [0.3, 0.4) is 0 Å². The molecule has 2 rings (SSSR count). The van der Waals surface area contributed by atoms with Crippen LogP contribution in [0, 0.1) is 6.92 Å². The van der Waals surface area contributed by atoms with Gasteiger partial charge in [0.1, 0.15) is 12.3 Å². The number of nitrogens with one attached hydrogen (secondary N) is 2. The largest absolute Gasteiger partial charge is 0.442 e. The Bertz CT molecular complexity index is 855. The van der Waals surface area contributed by atoms with E-state index in [0.29, 0.717) is 15.7 Å². The Morgan fingerprint density at radius 2 is 2.04 bits per heavy atom. The number of anilines is 1. The fourth-order valence-corrected chi connectivity index (χ4v) is 3.58. The molecule has 12 heteroatoms. The van der Waals surface area contributed by atoms with Gasteiger partial charge in [0.05, 0.1) is 10.6 Å². The summed E-state index contributed by atoms with van der Waals surface area (Å²) in [6.07, 6.45) is -4.68. The third-order valence-corrected chi connectivity index (χ3v) is 4.97. The first-order chi connectivity index (χ1) is 11.0. The molecule has 0 aliphatic rings. The highest BCUT2D eigenvalue weighted by atomic mass is 32.2. The maximum Gasteiger partial charge on any atom is 0.402 e. The van der Waals surface area contributed by atoms with Crippen molar-refractivity contribution in [1.82, 2.24) is 9.71 Å². The average molecular weight is 383 g/mol. The van der Waals surface area contributed by atoms with Gasteiger partial charge in [-0.3, -0.25) is 4.79 Å². The first kappa shape index (κ1) is 18.4. The smallest absolute Gasteiger partial charge is 0.402 e. The number of carbonyl (C=O) groups is 1. The Kier molecular flexibility index (Phi) is 5.01. The number of halogens is 3. The van der Waals surface area contributed by atoms with Gasteiger partial charge in [0.2, 0.25) is 11.0 Å². The molecule has 0 unspecified atom stereocenters. The van der Waals surface area contributed by atoms with E-state index in [2.05, 4.69) is 10.3 Å². The van der Waals surface area contributed by atoms with E-state index in [1.54, 1.807) is 6.92 Å². The van der Waals surface area contributed by atoms with Crippen LogP contribution >= 0.6 is 11.3 Å². The highest BCUT2D eigenvalue weighted by Gasteiger charge is 2.31. The van der Waals surface area contributed by atoms with E-state index < -0.39 is 27.8 Å². The summed E-state index contributed by atoms with van der Waals surface area (Å²) in [4.78, 5) is 15.5. The molecule has 132 valence electrons. The third kappa shape index (κ3) is 4.55. The summed E-state index contributed by atoms with van der Waals surface area (Å²) in [7, 11) is -4.43. The number of amides is 1. The normalized spacial score (nSPS) is 12.4. The van der Waals surface area contributed by atoms with Crippen LogP contribution in [0.25, 0.3) is 10.6 Å². The maximum atomic E-state index is 12.1. The van der Waals surface area contributed by atoms with Gasteiger partial charge in [0.15, 0.2) is 5.13 Å². The molecule has 0 spiro atoms. The summed E-state index contributed by atoms with van der Waals surface area (Å²) in [6.45, 7) is 1.23. The molecule has 0 bridgehead atoms. The summed E-state index contributed by atoms with van der Waals surface area (Å²) >= 11 is 1.05. The molecule has 2 aromatic rings. The summed E-state index contributed by atoms with van der Waals surface area (Å²) in [5.74, 6) is -0.205. The zero-order valence-electron chi connectivity index (χ0n) is 12.4. The van der Waals surface area contributed by atoms with Crippen molar-refractivity contribution < 1.29 is 30.8 Å². The van der Waals surface area contributed by atoms with Crippen LogP contribution in [0.15, 0.2) is 21.6 Å². The molecule has 24 heavy (non-hydrogen) atoms. The van der Waals surface area contributed by atoms with Crippen LogP contribution in [0.1, 0.15) is 12.6 Å². The van der Waals surface area contributed by atoms with Crippen molar-refractivity contribution in [3.63, 3.8) is 0 Å². The van der Waals surface area contributed by atoms with E-state index in [9.17, 15) is 26.4 Å². The van der Waals surface area contributed by atoms with Gasteiger partial charge in [-0.25, -0.2) is 13.4 Å². The molecule has 0 aliphatic heterocycles. The quantitative estimate of drug-likeness (QED) is 0.826. The second-order valence-corrected chi connectivity index (χ2v) is 7.37. The summed E-state index contributed by atoms with van der Waals surface area (Å²) < 4.78 is 66.5. The molecule has 2 N–H and O–H groups in total. The Labute approximate surface area is 138 Å². The number of aryl methyl sites for hydroxylation is 1. The molecule has 0 saturated carbocycles. The molecule has 2 heterocycles. The van der Waals surface area contributed by atoms with Crippen molar-refractivity contribution in [3.05, 3.63) is 17.8 Å². The highest BCUT2D eigenvalue weighted by Crippen LogP contribution is 2.34. The van der Waals surface area contributed by atoms with Crippen molar-refractivity contribution in [2.45, 2.75) is 25.1 Å². The predicted molar refractivity (Wildman–Crippen MR) is 80.1 cm³/mol. The molecular weight excluding hydrogens is 371 g/mol. The lowest BCUT2D eigenvalue weighted by atomic mass is 10.3. The molecular formula is C12H12F3N3O4S2. The van der Waals surface area contributed by atoms with E-state index in [4.69, 9.17) is 4.42 Å². The van der Waals surface area contributed by atoms with Crippen molar-refractivity contribution >= 4 is 32.4 Å². The van der Waals surface area contributed by atoms with Crippen molar-refractivity contribution in [2.75, 3.05) is 11.9 Å². The van der Waals surface area contributed by atoms with E-state index >= 15 is 0 Å². The van der Waals surface area contributed by atoms with Crippen molar-refractivity contribution in [2.24, 2.45) is 0 Å².